The Hall–Kier alpha value is -3.29. The molecule has 1 amide bonds. The standard InChI is InChI=1S/C16H17FN6O/c1-3-12(17)6-4-5-11(2)21-16(24)15-13(9-20-23-15)22-14-10-18-7-8-19-14/h3,5-10H,1,4H2,2H3,(H,19,22)(H,20,23)(H,21,24)/b11-5+,12-6+. The molecule has 0 fully saturated rings. The van der Waals surface area contributed by atoms with E-state index in [1.807, 2.05) is 0 Å². The molecule has 3 N–H and O–H groups in total. The van der Waals surface area contributed by atoms with Crippen LogP contribution in [0.4, 0.5) is 15.9 Å². The number of H-pyrrole nitrogens is 1. The second kappa shape index (κ2) is 8.37. The zero-order chi connectivity index (χ0) is 17.4. The molecule has 0 atom stereocenters. The number of allylic oxidation sites excluding steroid dienone is 5. The van der Waals surface area contributed by atoms with Crippen LogP contribution in [0.15, 0.2) is 61.1 Å². The number of rotatable bonds is 7. The first-order valence-corrected chi connectivity index (χ1v) is 7.12. The van der Waals surface area contributed by atoms with E-state index in [0.717, 1.165) is 6.08 Å². The van der Waals surface area contributed by atoms with Crippen molar-refractivity contribution in [3.05, 3.63) is 66.8 Å². The second-order valence-corrected chi connectivity index (χ2v) is 4.74. The number of aromatic nitrogens is 4. The molecular weight excluding hydrogens is 311 g/mol. The summed E-state index contributed by atoms with van der Waals surface area (Å²) in [5, 5.41) is 12.1. The molecule has 2 aromatic heterocycles. The van der Waals surface area contributed by atoms with Crippen LogP contribution < -0.4 is 10.6 Å². The van der Waals surface area contributed by atoms with E-state index in [2.05, 4.69) is 37.4 Å². The quantitative estimate of drug-likeness (QED) is 0.679. The van der Waals surface area contributed by atoms with Gasteiger partial charge in [-0.1, -0.05) is 12.7 Å². The molecule has 0 aliphatic heterocycles. The molecule has 8 heteroatoms. The molecule has 0 saturated carbocycles. The highest BCUT2D eigenvalue weighted by molar-refractivity contribution is 5.98. The lowest BCUT2D eigenvalue weighted by molar-refractivity contribution is 0.0962. The van der Waals surface area contributed by atoms with Crippen LogP contribution >= 0.6 is 0 Å². The van der Waals surface area contributed by atoms with Gasteiger partial charge in [-0.2, -0.15) is 5.10 Å². The van der Waals surface area contributed by atoms with E-state index in [1.165, 1.54) is 24.7 Å². The number of nitrogens with one attached hydrogen (secondary N) is 3. The van der Waals surface area contributed by atoms with Gasteiger partial charge in [-0.05, 0) is 25.5 Å². The van der Waals surface area contributed by atoms with Gasteiger partial charge in [0.15, 0.2) is 0 Å². The van der Waals surface area contributed by atoms with Crippen molar-refractivity contribution in [3.8, 4) is 0 Å². The highest BCUT2D eigenvalue weighted by Gasteiger charge is 2.14. The van der Waals surface area contributed by atoms with Crippen molar-refractivity contribution >= 4 is 17.4 Å². The average Bonchev–Trinajstić information content (AvgIpc) is 3.03. The van der Waals surface area contributed by atoms with Gasteiger partial charge in [0.1, 0.15) is 17.3 Å². The van der Waals surface area contributed by atoms with Crippen LogP contribution in [-0.2, 0) is 0 Å². The van der Waals surface area contributed by atoms with Crippen molar-refractivity contribution in [1.29, 1.82) is 0 Å². The van der Waals surface area contributed by atoms with Crippen LogP contribution in [-0.4, -0.2) is 26.1 Å². The summed E-state index contributed by atoms with van der Waals surface area (Å²) >= 11 is 0. The summed E-state index contributed by atoms with van der Waals surface area (Å²) < 4.78 is 12.9. The Balaban J connectivity index is 2.02. The summed E-state index contributed by atoms with van der Waals surface area (Å²) in [6.07, 6.45) is 10.6. The Morgan fingerprint density at radius 2 is 2.21 bits per heavy atom. The Morgan fingerprint density at radius 3 is 2.92 bits per heavy atom. The fourth-order valence-corrected chi connectivity index (χ4v) is 1.78. The number of halogens is 1. The largest absolute Gasteiger partial charge is 0.336 e. The fourth-order valence-electron chi connectivity index (χ4n) is 1.78. The van der Waals surface area contributed by atoms with Crippen molar-refractivity contribution in [2.75, 3.05) is 5.32 Å². The maximum absolute atomic E-state index is 12.9. The monoisotopic (exact) mass is 328 g/mol. The number of amides is 1. The molecule has 0 spiro atoms. The van der Waals surface area contributed by atoms with Gasteiger partial charge in [0.25, 0.3) is 5.91 Å². The third kappa shape index (κ3) is 4.87. The maximum atomic E-state index is 12.9. The highest BCUT2D eigenvalue weighted by Crippen LogP contribution is 2.16. The van der Waals surface area contributed by atoms with Crippen LogP contribution in [0.25, 0.3) is 0 Å². The average molecular weight is 328 g/mol. The summed E-state index contributed by atoms with van der Waals surface area (Å²) in [7, 11) is 0. The molecule has 0 aromatic carbocycles. The molecule has 0 radical (unpaired) electrons. The summed E-state index contributed by atoms with van der Waals surface area (Å²) in [6.45, 7) is 5.04. The minimum absolute atomic E-state index is 0.251. The summed E-state index contributed by atoms with van der Waals surface area (Å²) in [5.74, 6) is -0.291. The molecule has 0 saturated heterocycles. The molecule has 2 heterocycles. The van der Waals surface area contributed by atoms with Crippen molar-refractivity contribution in [1.82, 2.24) is 25.5 Å². The molecule has 124 valence electrons. The lowest BCUT2D eigenvalue weighted by Crippen LogP contribution is -2.22. The van der Waals surface area contributed by atoms with Crippen molar-refractivity contribution in [2.24, 2.45) is 0 Å². The number of hydrogen-bond acceptors (Lipinski definition) is 5. The fraction of sp³-hybridized carbons (Fsp3) is 0.125. The Morgan fingerprint density at radius 1 is 1.38 bits per heavy atom. The Bertz CT molecular complexity index is 766. The van der Waals surface area contributed by atoms with Gasteiger partial charge in [-0.15, -0.1) is 0 Å². The molecule has 2 aromatic rings. The zero-order valence-electron chi connectivity index (χ0n) is 13.1. The van der Waals surface area contributed by atoms with Crippen LogP contribution in [0.5, 0.6) is 0 Å². The third-order valence-corrected chi connectivity index (χ3v) is 2.93. The molecule has 0 bridgehead atoms. The smallest absolute Gasteiger partial charge is 0.275 e. The number of hydrogen-bond donors (Lipinski definition) is 3. The van der Waals surface area contributed by atoms with E-state index >= 15 is 0 Å². The summed E-state index contributed by atoms with van der Waals surface area (Å²) in [4.78, 5) is 20.3. The number of carbonyl (C=O) groups is 1. The van der Waals surface area contributed by atoms with Gasteiger partial charge in [-0.3, -0.25) is 14.9 Å². The van der Waals surface area contributed by atoms with Crippen molar-refractivity contribution < 1.29 is 9.18 Å². The van der Waals surface area contributed by atoms with Gasteiger partial charge in [0.05, 0.1) is 18.1 Å². The van der Waals surface area contributed by atoms with Crippen LogP contribution in [0.2, 0.25) is 0 Å². The highest BCUT2D eigenvalue weighted by atomic mass is 19.1. The number of anilines is 2. The minimum atomic E-state index is -0.408. The summed E-state index contributed by atoms with van der Waals surface area (Å²) in [6, 6.07) is 0. The predicted molar refractivity (Wildman–Crippen MR) is 89.1 cm³/mol. The molecule has 7 nitrogen and oxygen atoms in total. The lowest BCUT2D eigenvalue weighted by Gasteiger charge is -2.07. The van der Waals surface area contributed by atoms with Gasteiger partial charge in [-0.25, -0.2) is 9.37 Å². The Kier molecular flexibility index (Phi) is 5.95. The van der Waals surface area contributed by atoms with E-state index in [1.54, 1.807) is 19.2 Å². The van der Waals surface area contributed by atoms with E-state index in [-0.39, 0.29) is 11.6 Å². The van der Waals surface area contributed by atoms with E-state index in [4.69, 9.17) is 0 Å². The first-order valence-electron chi connectivity index (χ1n) is 7.12. The molecule has 0 unspecified atom stereocenters. The van der Waals surface area contributed by atoms with Crippen LogP contribution in [0, 0.1) is 0 Å². The minimum Gasteiger partial charge on any atom is -0.336 e. The first kappa shape index (κ1) is 17.1. The van der Waals surface area contributed by atoms with Crippen molar-refractivity contribution in [3.63, 3.8) is 0 Å². The number of aromatic amines is 1. The predicted octanol–water partition coefficient (Wildman–Crippen LogP) is 3.01. The first-order chi connectivity index (χ1) is 11.6. The molecular formula is C16H17FN6O. The maximum Gasteiger partial charge on any atom is 0.275 e. The van der Waals surface area contributed by atoms with Crippen LogP contribution in [0.1, 0.15) is 23.8 Å². The van der Waals surface area contributed by atoms with E-state index in [9.17, 15) is 9.18 Å². The van der Waals surface area contributed by atoms with Crippen LogP contribution in [0.3, 0.4) is 0 Å². The van der Waals surface area contributed by atoms with Gasteiger partial charge < -0.3 is 10.6 Å². The molecule has 0 aliphatic rings. The lowest BCUT2D eigenvalue weighted by atomic mass is 10.3. The number of nitrogens with zero attached hydrogens (tertiary/aromatic N) is 3. The Labute approximate surface area is 138 Å². The van der Waals surface area contributed by atoms with E-state index in [0.29, 0.717) is 23.6 Å². The number of carbonyl (C=O) groups excluding carboxylic acids is 1. The van der Waals surface area contributed by atoms with Crippen molar-refractivity contribution in [2.45, 2.75) is 13.3 Å². The third-order valence-electron chi connectivity index (χ3n) is 2.93. The topological polar surface area (TPSA) is 95.6 Å². The van der Waals surface area contributed by atoms with E-state index < -0.39 is 5.83 Å². The van der Waals surface area contributed by atoms with Gasteiger partial charge in [0.2, 0.25) is 0 Å². The zero-order valence-corrected chi connectivity index (χ0v) is 13.1. The second-order valence-electron chi connectivity index (χ2n) is 4.74. The van der Waals surface area contributed by atoms with Gasteiger partial charge >= 0.3 is 0 Å². The normalized spacial score (nSPS) is 11.9. The molecule has 0 aliphatic carbocycles. The van der Waals surface area contributed by atoms with Gasteiger partial charge in [0, 0.05) is 18.1 Å². The molecule has 2 rings (SSSR count). The molecule has 24 heavy (non-hydrogen) atoms. The summed E-state index contributed by atoms with van der Waals surface area (Å²) in [5.41, 5.74) is 1.31. The SMILES string of the molecule is C=C/C(F)=C\C/C=C(\C)NC(=O)c1[nH]ncc1Nc1cnccn1.